The zero-order valence-electron chi connectivity index (χ0n) is 15.4. The number of benzene rings is 2. The Balaban J connectivity index is 1.92. The molecule has 0 saturated heterocycles. The molecule has 0 aromatic heterocycles. The summed E-state index contributed by atoms with van der Waals surface area (Å²) >= 11 is 0. The smallest absolute Gasteiger partial charge is 0.342 e. The van der Waals surface area contributed by atoms with E-state index in [0.717, 1.165) is 6.42 Å². The molecule has 26 heavy (non-hydrogen) atoms. The highest BCUT2D eigenvalue weighted by atomic mass is 16.5. The van der Waals surface area contributed by atoms with Crippen LogP contribution in [0.25, 0.3) is 0 Å². The molecule has 138 valence electrons. The van der Waals surface area contributed by atoms with Crippen LogP contribution in [0.15, 0.2) is 54.6 Å². The van der Waals surface area contributed by atoms with Gasteiger partial charge in [-0.15, -0.1) is 0 Å². The quantitative estimate of drug-likeness (QED) is 0.736. The van der Waals surface area contributed by atoms with E-state index in [2.05, 4.69) is 12.2 Å². The molecule has 0 aliphatic rings. The molecule has 1 amide bonds. The molecule has 5 nitrogen and oxygen atoms in total. The summed E-state index contributed by atoms with van der Waals surface area (Å²) in [6.07, 6.45) is 0.0142. The topological polar surface area (TPSA) is 64.6 Å². The summed E-state index contributed by atoms with van der Waals surface area (Å²) in [6.45, 7) is 4.14. The van der Waals surface area contributed by atoms with Crippen LogP contribution >= 0.6 is 0 Å². The molecule has 2 aromatic carbocycles. The maximum absolute atomic E-state index is 12.3. The fraction of sp³-hybridized carbons (Fsp3) is 0.333. The molecule has 0 aliphatic carbocycles. The van der Waals surface area contributed by atoms with Crippen molar-refractivity contribution in [1.29, 1.82) is 0 Å². The molecule has 2 atom stereocenters. The van der Waals surface area contributed by atoms with Gasteiger partial charge < -0.3 is 14.8 Å². The summed E-state index contributed by atoms with van der Waals surface area (Å²) in [7, 11) is 1.48. The predicted molar refractivity (Wildman–Crippen MR) is 100 cm³/mol. The van der Waals surface area contributed by atoms with E-state index in [0.29, 0.717) is 17.9 Å². The minimum absolute atomic E-state index is 0.220. The van der Waals surface area contributed by atoms with Crippen LogP contribution in [0.2, 0.25) is 0 Å². The van der Waals surface area contributed by atoms with Gasteiger partial charge in [-0.3, -0.25) is 4.79 Å². The fourth-order valence-electron chi connectivity index (χ4n) is 2.68. The Morgan fingerprint density at radius 3 is 2.35 bits per heavy atom. The Hall–Kier alpha value is -2.82. The van der Waals surface area contributed by atoms with E-state index in [1.165, 1.54) is 12.7 Å². The molecule has 0 saturated carbocycles. The van der Waals surface area contributed by atoms with Crippen molar-refractivity contribution in [3.8, 4) is 5.75 Å². The number of hydrogen-bond donors (Lipinski definition) is 1. The number of para-hydroxylation sites is 1. The molecule has 5 heteroatoms. The van der Waals surface area contributed by atoms with Crippen molar-refractivity contribution in [2.24, 2.45) is 0 Å². The maximum Gasteiger partial charge on any atom is 0.342 e. The third-order valence-corrected chi connectivity index (χ3v) is 4.27. The van der Waals surface area contributed by atoms with Crippen LogP contribution in [0.4, 0.5) is 0 Å². The van der Waals surface area contributed by atoms with Gasteiger partial charge in [-0.2, -0.15) is 0 Å². The highest BCUT2D eigenvalue weighted by Crippen LogP contribution is 2.20. The Labute approximate surface area is 154 Å². The molecule has 0 spiro atoms. The van der Waals surface area contributed by atoms with E-state index >= 15 is 0 Å². The molecule has 0 heterocycles. The third kappa shape index (κ3) is 5.09. The lowest BCUT2D eigenvalue weighted by Crippen LogP contribution is -2.38. The van der Waals surface area contributed by atoms with E-state index < -0.39 is 12.1 Å². The summed E-state index contributed by atoms with van der Waals surface area (Å²) in [4.78, 5) is 24.6. The molecule has 2 aromatic rings. The number of nitrogens with one attached hydrogen (secondary N) is 1. The van der Waals surface area contributed by atoms with Crippen LogP contribution in [0.3, 0.4) is 0 Å². The number of carbonyl (C=O) groups excluding carboxylic acids is 2. The number of methoxy groups -OCH3 is 1. The first-order valence-electron chi connectivity index (χ1n) is 8.73. The monoisotopic (exact) mass is 355 g/mol. The summed E-state index contributed by atoms with van der Waals surface area (Å²) in [5, 5.41) is 2.87. The number of hydrogen-bond acceptors (Lipinski definition) is 4. The van der Waals surface area contributed by atoms with Crippen molar-refractivity contribution in [3.63, 3.8) is 0 Å². The molecule has 2 rings (SSSR count). The second-order valence-electron chi connectivity index (χ2n) is 6.01. The second kappa shape index (κ2) is 9.61. The van der Waals surface area contributed by atoms with Gasteiger partial charge in [0.15, 0.2) is 6.10 Å². The van der Waals surface area contributed by atoms with Crippen molar-refractivity contribution in [1.82, 2.24) is 5.32 Å². The van der Waals surface area contributed by atoms with Gasteiger partial charge in [0, 0.05) is 12.5 Å². The van der Waals surface area contributed by atoms with Gasteiger partial charge in [0.25, 0.3) is 5.91 Å². The van der Waals surface area contributed by atoms with Gasteiger partial charge in [0.1, 0.15) is 11.3 Å². The van der Waals surface area contributed by atoms with Crippen molar-refractivity contribution >= 4 is 11.9 Å². The summed E-state index contributed by atoms with van der Waals surface area (Å²) in [6, 6.07) is 16.8. The molecule has 0 unspecified atom stereocenters. The van der Waals surface area contributed by atoms with E-state index in [1.54, 1.807) is 31.2 Å². The minimum Gasteiger partial charge on any atom is -0.496 e. The standard InChI is InChI=1S/C21H25NO4/c1-4-16(17-10-6-5-7-11-17)14-22-20(23)15(2)26-21(24)18-12-8-9-13-19(18)25-3/h5-13,15-16H,4,14H2,1-3H3,(H,22,23)/t15-,16-/m0/s1. The van der Waals surface area contributed by atoms with Crippen molar-refractivity contribution in [3.05, 3.63) is 65.7 Å². The minimum atomic E-state index is -0.888. The fourth-order valence-corrected chi connectivity index (χ4v) is 2.68. The van der Waals surface area contributed by atoms with Crippen LogP contribution in [0, 0.1) is 0 Å². The van der Waals surface area contributed by atoms with Crippen LogP contribution in [0.5, 0.6) is 5.75 Å². The van der Waals surface area contributed by atoms with Gasteiger partial charge in [0.2, 0.25) is 0 Å². The van der Waals surface area contributed by atoms with Crippen LogP contribution in [-0.4, -0.2) is 31.6 Å². The van der Waals surface area contributed by atoms with E-state index in [9.17, 15) is 9.59 Å². The average molecular weight is 355 g/mol. The number of carbonyl (C=O) groups is 2. The zero-order valence-corrected chi connectivity index (χ0v) is 15.4. The first kappa shape index (κ1) is 19.5. The van der Waals surface area contributed by atoms with Gasteiger partial charge in [-0.05, 0) is 31.0 Å². The highest BCUT2D eigenvalue weighted by Gasteiger charge is 2.21. The molecule has 0 fully saturated rings. The number of ether oxygens (including phenoxy) is 2. The maximum atomic E-state index is 12.3. The van der Waals surface area contributed by atoms with Crippen molar-refractivity contribution < 1.29 is 19.1 Å². The van der Waals surface area contributed by atoms with E-state index in [-0.39, 0.29) is 11.8 Å². The predicted octanol–water partition coefficient (Wildman–Crippen LogP) is 3.55. The normalized spacial score (nSPS) is 12.7. The van der Waals surface area contributed by atoms with Crippen LogP contribution in [0.1, 0.15) is 42.1 Å². The van der Waals surface area contributed by atoms with E-state index in [1.807, 2.05) is 30.3 Å². The Bertz CT molecular complexity index is 730. The van der Waals surface area contributed by atoms with Gasteiger partial charge in [0.05, 0.1) is 7.11 Å². The first-order valence-corrected chi connectivity index (χ1v) is 8.73. The molecule has 0 bridgehead atoms. The lowest BCUT2D eigenvalue weighted by Gasteiger charge is -2.19. The Morgan fingerprint density at radius 1 is 1.04 bits per heavy atom. The third-order valence-electron chi connectivity index (χ3n) is 4.27. The average Bonchev–Trinajstić information content (AvgIpc) is 2.68. The molecule has 0 radical (unpaired) electrons. The summed E-state index contributed by atoms with van der Waals surface area (Å²) < 4.78 is 10.4. The summed E-state index contributed by atoms with van der Waals surface area (Å²) in [5.41, 5.74) is 1.47. The number of rotatable bonds is 8. The molecular weight excluding hydrogens is 330 g/mol. The van der Waals surface area contributed by atoms with Gasteiger partial charge in [-0.1, -0.05) is 49.4 Å². The summed E-state index contributed by atoms with van der Waals surface area (Å²) in [5.74, 6) is -0.264. The second-order valence-corrected chi connectivity index (χ2v) is 6.01. The lowest BCUT2D eigenvalue weighted by atomic mass is 9.96. The number of esters is 1. The zero-order chi connectivity index (χ0) is 18.9. The van der Waals surface area contributed by atoms with E-state index in [4.69, 9.17) is 9.47 Å². The highest BCUT2D eigenvalue weighted by molar-refractivity contribution is 5.94. The van der Waals surface area contributed by atoms with Crippen LogP contribution < -0.4 is 10.1 Å². The van der Waals surface area contributed by atoms with Crippen molar-refractivity contribution in [2.75, 3.05) is 13.7 Å². The van der Waals surface area contributed by atoms with Crippen LogP contribution in [-0.2, 0) is 9.53 Å². The Kier molecular flexibility index (Phi) is 7.21. The number of amides is 1. The van der Waals surface area contributed by atoms with Gasteiger partial charge in [-0.25, -0.2) is 4.79 Å². The largest absolute Gasteiger partial charge is 0.496 e. The van der Waals surface area contributed by atoms with Crippen molar-refractivity contribution in [2.45, 2.75) is 32.3 Å². The first-order chi connectivity index (χ1) is 12.6. The van der Waals surface area contributed by atoms with Gasteiger partial charge >= 0.3 is 5.97 Å². The SMILES string of the molecule is CC[C@@H](CNC(=O)[C@H](C)OC(=O)c1ccccc1OC)c1ccccc1. The molecular formula is C21H25NO4. The Morgan fingerprint density at radius 2 is 1.69 bits per heavy atom. The molecule has 0 aliphatic heterocycles. The molecule has 1 N–H and O–H groups in total. The lowest BCUT2D eigenvalue weighted by molar-refractivity contribution is -0.129.